The molecule has 0 spiro atoms. The normalized spacial score (nSPS) is 23.8. The quantitative estimate of drug-likeness (QED) is 0.435. The number of rotatable bonds is 7. The monoisotopic (exact) mass is 558 g/mol. The first-order valence-electron chi connectivity index (χ1n) is 13.5. The van der Waals surface area contributed by atoms with Gasteiger partial charge in [-0.05, 0) is 62.9 Å². The highest BCUT2D eigenvalue weighted by molar-refractivity contribution is 7.18. The van der Waals surface area contributed by atoms with Crippen molar-refractivity contribution in [1.29, 1.82) is 0 Å². The Hall–Kier alpha value is -2.96. The van der Waals surface area contributed by atoms with Gasteiger partial charge in [-0.25, -0.2) is 28.5 Å². The van der Waals surface area contributed by atoms with Crippen molar-refractivity contribution < 1.29 is 23.4 Å². The van der Waals surface area contributed by atoms with Crippen molar-refractivity contribution in [1.82, 2.24) is 19.9 Å². The summed E-state index contributed by atoms with van der Waals surface area (Å²) < 4.78 is 34.1. The molecular weight excluding hydrogens is 526 g/mol. The highest BCUT2D eigenvalue weighted by Gasteiger charge is 2.35. The van der Waals surface area contributed by atoms with Crippen LogP contribution in [0.25, 0.3) is 10.2 Å². The number of aliphatic hydroxyl groups excluding tert-OH is 1. The van der Waals surface area contributed by atoms with E-state index in [1.165, 1.54) is 0 Å². The number of carbonyl (C=O) groups is 1. The number of carbonyl (C=O) groups excluding carboxylic acids is 1. The summed E-state index contributed by atoms with van der Waals surface area (Å²) in [4.78, 5) is 29.6. The van der Waals surface area contributed by atoms with E-state index in [2.05, 4.69) is 5.32 Å². The minimum Gasteiger partial charge on any atom is -0.447 e. The lowest BCUT2D eigenvalue weighted by Crippen LogP contribution is -2.42. The van der Waals surface area contributed by atoms with Crippen molar-refractivity contribution in [2.45, 2.75) is 69.6 Å². The zero-order valence-corrected chi connectivity index (χ0v) is 22.4. The van der Waals surface area contributed by atoms with E-state index in [1.54, 1.807) is 21.1 Å². The van der Waals surface area contributed by atoms with Gasteiger partial charge in [-0.2, -0.15) is 0 Å². The second-order valence-corrected chi connectivity index (χ2v) is 11.8. The van der Waals surface area contributed by atoms with Crippen LogP contribution in [0.5, 0.6) is 0 Å². The summed E-state index contributed by atoms with van der Waals surface area (Å²) in [6, 6.07) is 7.78. The predicted molar refractivity (Wildman–Crippen MR) is 144 cm³/mol. The maximum absolute atomic E-state index is 14.1. The second-order valence-electron chi connectivity index (χ2n) is 10.7. The van der Waals surface area contributed by atoms with Crippen molar-refractivity contribution in [2.75, 3.05) is 36.5 Å². The Morgan fingerprint density at radius 1 is 1.10 bits per heavy atom. The summed E-state index contributed by atoms with van der Waals surface area (Å²) in [7, 11) is 0. The Labute approximate surface area is 229 Å². The Morgan fingerprint density at radius 2 is 1.92 bits per heavy atom. The van der Waals surface area contributed by atoms with E-state index in [9.17, 15) is 18.7 Å². The standard InChI is InChI=1S/C27H32F2N6O3S/c28-27(29)8-1-9-34(16-27)15-19-12-18(31-25(32-19)30-17-2-5-21(36)6-3-17)13-24-33-22-7-4-20(14-23(22)39-24)35-10-11-38-26(35)37/h4,7,12,14,17,21,36H,1-3,5-6,8-11,13,15-16H2,(H,30,31,32). The zero-order chi connectivity index (χ0) is 27.0. The molecule has 2 N–H and O–H groups in total. The van der Waals surface area contributed by atoms with Crippen LogP contribution >= 0.6 is 11.3 Å². The highest BCUT2D eigenvalue weighted by atomic mass is 32.1. The van der Waals surface area contributed by atoms with Gasteiger partial charge < -0.3 is 15.2 Å². The number of hydrogen-bond donors (Lipinski definition) is 2. The van der Waals surface area contributed by atoms with E-state index in [4.69, 9.17) is 19.7 Å². The average molecular weight is 559 g/mol. The molecule has 0 unspecified atom stereocenters. The van der Waals surface area contributed by atoms with Crippen LogP contribution in [0.3, 0.4) is 0 Å². The summed E-state index contributed by atoms with van der Waals surface area (Å²) in [5.41, 5.74) is 3.10. The first-order chi connectivity index (χ1) is 18.8. The molecule has 0 bridgehead atoms. The molecule has 6 rings (SSSR count). The molecule has 3 aromatic rings. The Balaban J connectivity index is 1.24. The zero-order valence-electron chi connectivity index (χ0n) is 21.6. The molecular formula is C27H32F2N6O3S. The number of hydrogen-bond acceptors (Lipinski definition) is 9. The number of fused-ring (bicyclic) bond motifs is 1. The number of benzene rings is 1. The number of likely N-dealkylation sites (tertiary alicyclic amines) is 1. The molecule has 2 aromatic heterocycles. The third kappa shape index (κ3) is 6.28. The number of halogens is 2. The van der Waals surface area contributed by atoms with Crippen LogP contribution in [0.1, 0.15) is 54.9 Å². The number of ether oxygens (including phenoxy) is 1. The van der Waals surface area contributed by atoms with E-state index in [0.717, 1.165) is 52.3 Å². The molecule has 2 saturated heterocycles. The van der Waals surface area contributed by atoms with Crippen LogP contribution in [0.2, 0.25) is 0 Å². The summed E-state index contributed by atoms with van der Waals surface area (Å²) in [5, 5.41) is 14.2. The molecule has 1 amide bonds. The summed E-state index contributed by atoms with van der Waals surface area (Å²) in [6.07, 6.45) is 3.38. The van der Waals surface area contributed by atoms with Gasteiger partial charge in [-0.1, -0.05) is 0 Å². The highest BCUT2D eigenvalue weighted by Crippen LogP contribution is 2.31. The largest absolute Gasteiger partial charge is 0.447 e. The first-order valence-corrected chi connectivity index (χ1v) is 14.4. The topological polar surface area (TPSA) is 104 Å². The Morgan fingerprint density at radius 3 is 2.69 bits per heavy atom. The maximum Gasteiger partial charge on any atom is 0.414 e. The van der Waals surface area contributed by atoms with E-state index in [0.29, 0.717) is 50.7 Å². The number of aliphatic hydroxyl groups is 1. The maximum atomic E-state index is 14.1. The van der Waals surface area contributed by atoms with E-state index in [1.807, 2.05) is 24.3 Å². The van der Waals surface area contributed by atoms with E-state index < -0.39 is 5.92 Å². The van der Waals surface area contributed by atoms with Crippen molar-refractivity contribution in [3.05, 3.63) is 40.7 Å². The molecule has 1 aliphatic carbocycles. The molecule has 208 valence electrons. The summed E-state index contributed by atoms with van der Waals surface area (Å²) in [5.74, 6) is -2.19. The number of thiazole rings is 1. The molecule has 2 aliphatic heterocycles. The lowest BCUT2D eigenvalue weighted by molar-refractivity contribution is -0.0663. The molecule has 0 atom stereocenters. The van der Waals surface area contributed by atoms with Gasteiger partial charge in [0.1, 0.15) is 6.61 Å². The van der Waals surface area contributed by atoms with E-state index in [-0.39, 0.29) is 31.2 Å². The predicted octanol–water partition coefficient (Wildman–Crippen LogP) is 4.58. The first kappa shape index (κ1) is 26.3. The van der Waals surface area contributed by atoms with Gasteiger partial charge in [0, 0.05) is 31.1 Å². The van der Waals surface area contributed by atoms with Crippen molar-refractivity contribution in [3.8, 4) is 0 Å². The minimum absolute atomic E-state index is 0.0723. The number of nitrogens with one attached hydrogen (secondary N) is 1. The van der Waals surface area contributed by atoms with Gasteiger partial charge in [0.2, 0.25) is 5.95 Å². The lowest BCUT2D eigenvalue weighted by Gasteiger charge is -2.32. The van der Waals surface area contributed by atoms with Crippen molar-refractivity contribution in [2.24, 2.45) is 0 Å². The van der Waals surface area contributed by atoms with Gasteiger partial charge in [0.15, 0.2) is 0 Å². The van der Waals surface area contributed by atoms with Crippen LogP contribution in [0.15, 0.2) is 24.3 Å². The van der Waals surface area contributed by atoms with Crippen molar-refractivity contribution in [3.63, 3.8) is 0 Å². The third-order valence-corrected chi connectivity index (χ3v) is 8.56. The number of anilines is 2. The molecule has 1 saturated carbocycles. The number of cyclic esters (lactones) is 1. The molecule has 9 nitrogen and oxygen atoms in total. The Kier molecular flexibility index (Phi) is 7.34. The Bertz CT molecular complexity index is 1350. The molecule has 4 heterocycles. The van der Waals surface area contributed by atoms with Crippen LogP contribution in [0.4, 0.5) is 25.2 Å². The van der Waals surface area contributed by atoms with E-state index >= 15 is 0 Å². The van der Waals surface area contributed by atoms with Crippen LogP contribution in [-0.2, 0) is 17.7 Å². The number of amides is 1. The smallest absolute Gasteiger partial charge is 0.414 e. The number of alkyl halides is 2. The van der Waals surface area contributed by atoms with Gasteiger partial charge in [0.05, 0.1) is 45.8 Å². The van der Waals surface area contributed by atoms with Crippen molar-refractivity contribution >= 4 is 39.3 Å². The van der Waals surface area contributed by atoms with Gasteiger partial charge >= 0.3 is 6.09 Å². The number of piperidine rings is 1. The molecule has 39 heavy (non-hydrogen) atoms. The molecule has 1 aromatic carbocycles. The molecule has 3 fully saturated rings. The average Bonchev–Trinajstić information content (AvgIpc) is 3.49. The fraction of sp³-hybridized carbons (Fsp3) is 0.556. The fourth-order valence-electron chi connectivity index (χ4n) is 5.59. The molecule has 3 aliphatic rings. The SMILES string of the molecule is O=C1OCCN1c1ccc2nc(Cc3cc(CN4CCCC(F)(F)C4)nc(NC4CCC(O)CC4)n3)sc2c1. The van der Waals surface area contributed by atoms with Gasteiger partial charge in [-0.3, -0.25) is 9.80 Å². The summed E-state index contributed by atoms with van der Waals surface area (Å²) in [6.45, 7) is 1.59. The third-order valence-electron chi connectivity index (χ3n) is 7.54. The van der Waals surface area contributed by atoms with Crippen LogP contribution < -0.4 is 10.2 Å². The van der Waals surface area contributed by atoms with Crippen LogP contribution in [-0.4, -0.2) is 75.4 Å². The van der Waals surface area contributed by atoms with Gasteiger partial charge in [0.25, 0.3) is 5.92 Å². The summed E-state index contributed by atoms with van der Waals surface area (Å²) >= 11 is 1.54. The second kappa shape index (κ2) is 10.9. The van der Waals surface area contributed by atoms with Gasteiger partial charge in [-0.15, -0.1) is 11.3 Å². The van der Waals surface area contributed by atoms with Crippen LogP contribution in [0, 0.1) is 0 Å². The number of nitrogens with zero attached hydrogens (tertiary/aromatic N) is 5. The lowest BCUT2D eigenvalue weighted by atomic mass is 9.93. The fourth-order valence-corrected chi connectivity index (χ4v) is 6.61. The molecule has 0 radical (unpaired) electrons. The molecule has 12 heteroatoms. The minimum atomic E-state index is -2.68. The number of aromatic nitrogens is 3.